The van der Waals surface area contributed by atoms with E-state index in [9.17, 15) is 13.2 Å². The zero-order valence-electron chi connectivity index (χ0n) is 21.0. The van der Waals surface area contributed by atoms with Crippen LogP contribution in [0.25, 0.3) is 11.0 Å². The first-order valence-electron chi connectivity index (χ1n) is 12.1. The summed E-state index contributed by atoms with van der Waals surface area (Å²) in [5.41, 5.74) is 1.05. The summed E-state index contributed by atoms with van der Waals surface area (Å²) >= 11 is 1.95. The third-order valence-electron chi connectivity index (χ3n) is 6.34. The van der Waals surface area contributed by atoms with Crippen LogP contribution in [0.1, 0.15) is 60.7 Å². The summed E-state index contributed by atoms with van der Waals surface area (Å²) in [5, 5.41) is 3.93. The Kier molecular flexibility index (Phi) is 8.56. The zero-order chi connectivity index (χ0) is 25.8. The van der Waals surface area contributed by atoms with Crippen LogP contribution in [0.15, 0.2) is 24.3 Å². The van der Waals surface area contributed by atoms with Gasteiger partial charge in [0.1, 0.15) is 24.1 Å². The molecule has 3 aromatic rings. The molecule has 4 rings (SSSR count). The van der Waals surface area contributed by atoms with Gasteiger partial charge in [-0.3, -0.25) is 0 Å². The van der Waals surface area contributed by atoms with Crippen molar-refractivity contribution in [1.82, 2.24) is 19.9 Å². The van der Waals surface area contributed by atoms with Gasteiger partial charge in [-0.05, 0) is 64.3 Å². The fraction of sp³-hybridized carbons (Fsp3) is 0.500. The number of pyridine rings is 1. The first kappa shape index (κ1) is 26.5. The highest BCUT2D eigenvalue weighted by atomic mass is 32.2. The standard InChI is InChI=1S/C26H32F3N5OS/c1-15(18-6-5-7-19(22(18)27)23(28)29)30-24-21-14-20(17-8-12-36-13-9-17)26(35-11-10-34(3)4)33-25(21)32-16(2)31-24/h5-7,14-15,17,23H,8-13H2,1-4H3,(H,30,31,32,33)/t15-/m1/s1. The van der Waals surface area contributed by atoms with Crippen molar-refractivity contribution in [2.45, 2.75) is 45.1 Å². The third-order valence-corrected chi connectivity index (χ3v) is 7.39. The minimum Gasteiger partial charge on any atom is -0.476 e. The average molecular weight is 520 g/mol. The molecule has 10 heteroatoms. The normalized spacial score (nSPS) is 15.6. The van der Waals surface area contributed by atoms with Crippen molar-refractivity contribution >= 4 is 28.6 Å². The first-order valence-corrected chi connectivity index (χ1v) is 13.3. The number of aryl methyl sites for hydroxylation is 1. The molecule has 36 heavy (non-hydrogen) atoms. The molecule has 0 saturated carbocycles. The molecular weight excluding hydrogens is 487 g/mol. The number of rotatable bonds is 9. The van der Waals surface area contributed by atoms with E-state index >= 15 is 0 Å². The second kappa shape index (κ2) is 11.6. The molecule has 1 aliphatic rings. The van der Waals surface area contributed by atoms with E-state index in [1.807, 2.05) is 31.9 Å². The quantitative estimate of drug-likeness (QED) is 0.365. The molecule has 1 atom stereocenters. The van der Waals surface area contributed by atoms with E-state index in [2.05, 4.69) is 20.2 Å². The number of fused-ring (bicyclic) bond motifs is 1. The molecule has 0 aliphatic carbocycles. The Labute approximate surface area is 214 Å². The molecule has 3 heterocycles. The first-order chi connectivity index (χ1) is 17.2. The maximum absolute atomic E-state index is 14.8. The predicted octanol–water partition coefficient (Wildman–Crippen LogP) is 6.13. The molecule has 0 unspecified atom stereocenters. The van der Waals surface area contributed by atoms with Gasteiger partial charge in [-0.15, -0.1) is 0 Å². The molecule has 1 aromatic carbocycles. The average Bonchev–Trinajstić information content (AvgIpc) is 2.83. The summed E-state index contributed by atoms with van der Waals surface area (Å²) in [6.07, 6.45) is -0.829. The van der Waals surface area contributed by atoms with Crippen LogP contribution in [0.4, 0.5) is 19.0 Å². The van der Waals surface area contributed by atoms with E-state index in [0.717, 1.165) is 42.5 Å². The van der Waals surface area contributed by atoms with E-state index in [-0.39, 0.29) is 5.56 Å². The van der Waals surface area contributed by atoms with E-state index < -0.39 is 23.8 Å². The maximum atomic E-state index is 14.8. The van der Waals surface area contributed by atoms with Crippen molar-refractivity contribution in [2.75, 3.05) is 44.1 Å². The van der Waals surface area contributed by atoms with Gasteiger partial charge in [-0.2, -0.15) is 16.7 Å². The summed E-state index contributed by atoms with van der Waals surface area (Å²) in [6, 6.07) is 5.49. The number of likely N-dealkylation sites (N-methyl/N-ethyl adjacent to an activating group) is 1. The topological polar surface area (TPSA) is 63.2 Å². The number of alkyl halides is 2. The molecule has 0 amide bonds. The van der Waals surface area contributed by atoms with Gasteiger partial charge in [0.15, 0.2) is 5.65 Å². The van der Waals surface area contributed by atoms with Crippen LogP contribution in [0.2, 0.25) is 0 Å². The maximum Gasteiger partial charge on any atom is 0.266 e. The van der Waals surface area contributed by atoms with Gasteiger partial charge < -0.3 is 15.0 Å². The van der Waals surface area contributed by atoms with Crippen LogP contribution in [0, 0.1) is 12.7 Å². The van der Waals surface area contributed by atoms with E-state index in [1.165, 1.54) is 12.1 Å². The fourth-order valence-electron chi connectivity index (χ4n) is 4.37. The van der Waals surface area contributed by atoms with Crippen LogP contribution in [-0.2, 0) is 0 Å². The van der Waals surface area contributed by atoms with Crippen LogP contribution in [0.5, 0.6) is 5.88 Å². The van der Waals surface area contributed by atoms with Gasteiger partial charge in [0.05, 0.1) is 17.0 Å². The summed E-state index contributed by atoms with van der Waals surface area (Å²) in [7, 11) is 3.98. The van der Waals surface area contributed by atoms with Gasteiger partial charge >= 0.3 is 0 Å². The Morgan fingerprint density at radius 1 is 1.14 bits per heavy atom. The largest absolute Gasteiger partial charge is 0.476 e. The lowest BCUT2D eigenvalue weighted by Crippen LogP contribution is -2.21. The van der Waals surface area contributed by atoms with Crippen molar-refractivity contribution in [1.29, 1.82) is 0 Å². The third kappa shape index (κ3) is 6.03. The monoisotopic (exact) mass is 519 g/mol. The van der Waals surface area contributed by atoms with Crippen molar-refractivity contribution in [3.8, 4) is 5.88 Å². The lowest BCUT2D eigenvalue weighted by Gasteiger charge is -2.25. The summed E-state index contributed by atoms with van der Waals surface area (Å²) in [5.74, 6) is 3.13. The highest BCUT2D eigenvalue weighted by molar-refractivity contribution is 7.99. The molecule has 2 aromatic heterocycles. The Balaban J connectivity index is 1.73. The second-order valence-corrected chi connectivity index (χ2v) is 10.6. The number of nitrogens with zero attached hydrogens (tertiary/aromatic N) is 4. The SMILES string of the molecule is Cc1nc(N[C@H](C)c2cccc(C(F)F)c2F)c2cc(C3CCSCC3)c(OCCN(C)C)nc2n1. The molecule has 0 bridgehead atoms. The van der Waals surface area contributed by atoms with E-state index in [4.69, 9.17) is 9.72 Å². The summed E-state index contributed by atoms with van der Waals surface area (Å²) in [6.45, 7) is 4.75. The zero-order valence-corrected chi connectivity index (χ0v) is 21.8. The predicted molar refractivity (Wildman–Crippen MR) is 139 cm³/mol. The lowest BCUT2D eigenvalue weighted by atomic mass is 9.93. The van der Waals surface area contributed by atoms with Crippen molar-refractivity contribution in [3.05, 3.63) is 52.6 Å². The molecule has 1 saturated heterocycles. The Hall–Kier alpha value is -2.59. The molecule has 1 fully saturated rings. The number of anilines is 1. The molecule has 1 aliphatic heterocycles. The highest BCUT2D eigenvalue weighted by Crippen LogP contribution is 2.39. The van der Waals surface area contributed by atoms with Gasteiger partial charge in [-0.1, -0.05) is 18.2 Å². The fourth-order valence-corrected chi connectivity index (χ4v) is 5.47. The van der Waals surface area contributed by atoms with Crippen molar-refractivity contribution in [2.24, 2.45) is 0 Å². The number of ether oxygens (including phenoxy) is 1. The number of thioether (sulfide) groups is 1. The van der Waals surface area contributed by atoms with Crippen LogP contribution in [0.3, 0.4) is 0 Å². The molecule has 0 radical (unpaired) electrons. The van der Waals surface area contributed by atoms with Crippen molar-refractivity contribution in [3.63, 3.8) is 0 Å². The number of hydrogen-bond donors (Lipinski definition) is 1. The molecule has 194 valence electrons. The van der Waals surface area contributed by atoms with Crippen molar-refractivity contribution < 1.29 is 17.9 Å². The molecule has 1 N–H and O–H groups in total. The number of halogens is 3. The minimum absolute atomic E-state index is 0.151. The Morgan fingerprint density at radius 2 is 1.86 bits per heavy atom. The molecular formula is C26H32F3N5OS. The summed E-state index contributed by atoms with van der Waals surface area (Å²) < 4.78 is 47.4. The van der Waals surface area contributed by atoms with Gasteiger partial charge in [0.25, 0.3) is 6.43 Å². The number of nitrogens with one attached hydrogen (secondary N) is 1. The molecule has 0 spiro atoms. The number of aromatic nitrogens is 3. The van der Waals surface area contributed by atoms with Crippen LogP contribution < -0.4 is 10.1 Å². The van der Waals surface area contributed by atoms with Gasteiger partial charge in [0.2, 0.25) is 5.88 Å². The van der Waals surface area contributed by atoms with Crippen LogP contribution >= 0.6 is 11.8 Å². The minimum atomic E-state index is -2.88. The van der Waals surface area contributed by atoms with Crippen LogP contribution in [-0.4, -0.2) is 58.6 Å². The highest BCUT2D eigenvalue weighted by Gasteiger charge is 2.24. The lowest BCUT2D eigenvalue weighted by molar-refractivity contribution is 0.146. The Morgan fingerprint density at radius 3 is 2.56 bits per heavy atom. The number of benzene rings is 1. The van der Waals surface area contributed by atoms with Gasteiger partial charge in [0, 0.05) is 17.7 Å². The van der Waals surface area contributed by atoms with E-state index in [1.54, 1.807) is 13.8 Å². The smallest absolute Gasteiger partial charge is 0.266 e. The second-order valence-electron chi connectivity index (χ2n) is 9.33. The summed E-state index contributed by atoms with van der Waals surface area (Å²) in [4.78, 5) is 15.9. The van der Waals surface area contributed by atoms with E-state index in [0.29, 0.717) is 41.1 Å². The van der Waals surface area contributed by atoms with Gasteiger partial charge in [-0.25, -0.2) is 23.1 Å². The number of hydrogen-bond acceptors (Lipinski definition) is 7. The molecule has 6 nitrogen and oxygen atoms in total. The Bertz CT molecular complexity index is 1200.